The number of ether oxygens (including phenoxy) is 2. The van der Waals surface area contributed by atoms with Crippen molar-refractivity contribution < 1.29 is 23.0 Å². The van der Waals surface area contributed by atoms with Crippen molar-refractivity contribution in [3.63, 3.8) is 0 Å². The summed E-state index contributed by atoms with van der Waals surface area (Å²) in [5.41, 5.74) is 1.37. The number of nitrogens with one attached hydrogen (secondary N) is 1. The fourth-order valence-corrected chi connectivity index (χ4v) is 5.33. The Balaban J connectivity index is 1.21. The lowest BCUT2D eigenvalue weighted by atomic mass is 10.1. The quantitative estimate of drug-likeness (QED) is 0.397. The van der Waals surface area contributed by atoms with Crippen molar-refractivity contribution in [2.75, 3.05) is 24.7 Å². The van der Waals surface area contributed by atoms with Gasteiger partial charge in [-0.3, -0.25) is 9.78 Å². The van der Waals surface area contributed by atoms with Crippen LogP contribution >= 0.6 is 11.8 Å². The standard InChI is InChI=1S/C27H23F2N5O3S/c1-15-6-22-26(31-10-15)34(4-5-37-22)25-3-2-16-11-30-18(9-21(16)33-25)12-32-27(35)17-7-20(28)19-13-36-14-24(29)38-23(19)8-17/h2-3,6-11,24H,4-5,12-14H2,1H3,(H,32,35). The molecule has 0 saturated heterocycles. The Kier molecular flexibility index (Phi) is 6.54. The molecule has 0 radical (unpaired) electrons. The summed E-state index contributed by atoms with van der Waals surface area (Å²) in [6, 6.07) is 10.3. The van der Waals surface area contributed by atoms with E-state index in [1.54, 1.807) is 12.4 Å². The van der Waals surface area contributed by atoms with Crippen LogP contribution in [0.4, 0.5) is 20.4 Å². The van der Waals surface area contributed by atoms with Gasteiger partial charge in [-0.25, -0.2) is 18.7 Å². The first-order chi connectivity index (χ1) is 18.4. The van der Waals surface area contributed by atoms with Gasteiger partial charge in [-0.05, 0) is 48.9 Å². The van der Waals surface area contributed by atoms with E-state index in [0.29, 0.717) is 35.1 Å². The van der Waals surface area contributed by atoms with Gasteiger partial charge >= 0.3 is 0 Å². The second kappa shape index (κ2) is 10.1. The lowest BCUT2D eigenvalue weighted by molar-refractivity contribution is 0.0944. The number of rotatable bonds is 4. The number of aromatic nitrogens is 3. The van der Waals surface area contributed by atoms with Crippen LogP contribution in [0.3, 0.4) is 0 Å². The van der Waals surface area contributed by atoms with Crippen molar-refractivity contribution in [3.05, 3.63) is 77.0 Å². The fourth-order valence-electron chi connectivity index (χ4n) is 4.40. The van der Waals surface area contributed by atoms with Crippen LogP contribution in [0.1, 0.15) is 27.2 Å². The first-order valence-electron chi connectivity index (χ1n) is 12.1. The van der Waals surface area contributed by atoms with Gasteiger partial charge in [0.15, 0.2) is 17.1 Å². The molecule has 0 spiro atoms. The van der Waals surface area contributed by atoms with Gasteiger partial charge in [0.2, 0.25) is 0 Å². The number of fused-ring (bicyclic) bond motifs is 3. The molecule has 2 aliphatic heterocycles. The molecule has 1 aromatic carbocycles. The third-order valence-corrected chi connectivity index (χ3v) is 7.30. The molecule has 2 aliphatic rings. The highest BCUT2D eigenvalue weighted by Gasteiger charge is 2.24. The number of anilines is 2. The Morgan fingerprint density at radius 3 is 3.00 bits per heavy atom. The average Bonchev–Trinajstić information content (AvgIpc) is 3.11. The number of thioether (sulfide) groups is 1. The molecular formula is C27H23F2N5O3S. The predicted octanol–water partition coefficient (Wildman–Crippen LogP) is 4.85. The predicted molar refractivity (Wildman–Crippen MR) is 139 cm³/mol. The normalized spacial score (nSPS) is 16.8. The van der Waals surface area contributed by atoms with Gasteiger partial charge < -0.3 is 19.7 Å². The molecule has 0 aliphatic carbocycles. The molecule has 38 heavy (non-hydrogen) atoms. The van der Waals surface area contributed by atoms with Crippen molar-refractivity contribution in [2.45, 2.75) is 30.5 Å². The van der Waals surface area contributed by atoms with Crippen LogP contribution in [-0.2, 0) is 17.9 Å². The summed E-state index contributed by atoms with van der Waals surface area (Å²) in [6.07, 6.45) is 3.49. The Morgan fingerprint density at radius 2 is 2.11 bits per heavy atom. The number of alkyl halides is 1. The number of benzene rings is 1. The maximum absolute atomic E-state index is 14.6. The highest BCUT2D eigenvalue weighted by Crippen LogP contribution is 2.35. The molecule has 6 rings (SSSR count). The molecule has 1 atom stereocenters. The number of hydrogen-bond donors (Lipinski definition) is 1. The van der Waals surface area contributed by atoms with E-state index in [1.807, 2.05) is 36.1 Å². The molecule has 194 valence electrons. The summed E-state index contributed by atoms with van der Waals surface area (Å²) >= 11 is 0.855. The Bertz CT molecular complexity index is 1550. The molecule has 1 unspecified atom stereocenters. The van der Waals surface area contributed by atoms with Crippen LogP contribution in [0.15, 0.2) is 53.7 Å². The van der Waals surface area contributed by atoms with Gasteiger partial charge in [-0.2, -0.15) is 0 Å². The van der Waals surface area contributed by atoms with E-state index in [0.717, 1.165) is 40.3 Å². The summed E-state index contributed by atoms with van der Waals surface area (Å²) in [6.45, 7) is 3.05. The third-order valence-electron chi connectivity index (χ3n) is 6.29. The summed E-state index contributed by atoms with van der Waals surface area (Å²) in [5, 5.41) is 3.62. The minimum atomic E-state index is -1.32. The van der Waals surface area contributed by atoms with Crippen LogP contribution in [0.2, 0.25) is 0 Å². The summed E-state index contributed by atoms with van der Waals surface area (Å²) in [4.78, 5) is 29.0. The maximum Gasteiger partial charge on any atom is 0.251 e. The van der Waals surface area contributed by atoms with Crippen molar-refractivity contribution in [1.82, 2.24) is 20.3 Å². The van der Waals surface area contributed by atoms with Crippen LogP contribution in [0.25, 0.3) is 10.9 Å². The minimum absolute atomic E-state index is 0.0295. The van der Waals surface area contributed by atoms with Crippen LogP contribution in [-0.4, -0.2) is 46.1 Å². The Labute approximate surface area is 221 Å². The zero-order valence-corrected chi connectivity index (χ0v) is 21.2. The molecular weight excluding hydrogens is 512 g/mol. The number of halogens is 2. The lowest BCUT2D eigenvalue weighted by Gasteiger charge is -2.29. The number of carbonyl (C=O) groups excluding carboxylic acids is 1. The van der Waals surface area contributed by atoms with Crippen LogP contribution < -0.4 is 15.0 Å². The van der Waals surface area contributed by atoms with Crippen LogP contribution in [0, 0.1) is 12.7 Å². The van der Waals surface area contributed by atoms with E-state index in [2.05, 4.69) is 15.3 Å². The molecule has 3 aromatic heterocycles. The average molecular weight is 536 g/mol. The molecule has 1 N–H and O–H groups in total. The number of hydrogen-bond acceptors (Lipinski definition) is 8. The van der Waals surface area contributed by atoms with E-state index < -0.39 is 17.2 Å². The zero-order valence-electron chi connectivity index (χ0n) is 20.4. The van der Waals surface area contributed by atoms with Gasteiger partial charge in [-0.15, -0.1) is 0 Å². The highest BCUT2D eigenvalue weighted by molar-refractivity contribution is 7.99. The molecule has 0 saturated carbocycles. The van der Waals surface area contributed by atoms with E-state index in [1.165, 1.54) is 6.07 Å². The SMILES string of the molecule is Cc1cnc2c(c1)OCCN2c1ccc2cnc(CNC(=O)c3cc(F)c4c(c3)SC(F)COC4)cc2n1. The molecule has 1 amide bonds. The number of pyridine rings is 3. The van der Waals surface area contributed by atoms with Gasteiger partial charge in [0.25, 0.3) is 5.91 Å². The number of carbonyl (C=O) groups is 1. The summed E-state index contributed by atoms with van der Waals surface area (Å²) in [5.74, 6) is 1.09. The number of amides is 1. The highest BCUT2D eigenvalue weighted by atomic mass is 32.2. The molecule has 5 heterocycles. The first-order valence-corrected chi connectivity index (χ1v) is 12.9. The van der Waals surface area contributed by atoms with Gasteiger partial charge in [-0.1, -0.05) is 11.8 Å². The minimum Gasteiger partial charge on any atom is -0.488 e. The zero-order chi connectivity index (χ0) is 26.2. The topological polar surface area (TPSA) is 89.5 Å². The molecule has 0 fully saturated rings. The second-order valence-electron chi connectivity index (χ2n) is 9.03. The van der Waals surface area contributed by atoms with Crippen molar-refractivity contribution in [2.24, 2.45) is 0 Å². The smallest absolute Gasteiger partial charge is 0.251 e. The summed E-state index contributed by atoms with van der Waals surface area (Å²) < 4.78 is 39.4. The molecule has 4 aromatic rings. The molecule has 0 bridgehead atoms. The van der Waals surface area contributed by atoms with Gasteiger partial charge in [0, 0.05) is 33.8 Å². The van der Waals surface area contributed by atoms with E-state index in [9.17, 15) is 13.6 Å². The van der Waals surface area contributed by atoms with Crippen molar-refractivity contribution in [3.8, 4) is 5.75 Å². The van der Waals surface area contributed by atoms with E-state index >= 15 is 0 Å². The largest absolute Gasteiger partial charge is 0.488 e. The summed E-state index contributed by atoms with van der Waals surface area (Å²) in [7, 11) is 0. The Morgan fingerprint density at radius 1 is 1.21 bits per heavy atom. The van der Waals surface area contributed by atoms with E-state index in [-0.39, 0.29) is 30.9 Å². The van der Waals surface area contributed by atoms with Crippen molar-refractivity contribution in [1.29, 1.82) is 0 Å². The second-order valence-corrected chi connectivity index (χ2v) is 10.2. The van der Waals surface area contributed by atoms with Gasteiger partial charge in [0.1, 0.15) is 18.2 Å². The number of aryl methyl sites for hydroxylation is 1. The Hall–Kier alpha value is -3.83. The molecule has 8 nitrogen and oxygen atoms in total. The lowest BCUT2D eigenvalue weighted by Crippen LogP contribution is -2.30. The monoisotopic (exact) mass is 535 g/mol. The first kappa shape index (κ1) is 24.5. The van der Waals surface area contributed by atoms with E-state index in [4.69, 9.17) is 14.5 Å². The fraction of sp³-hybridized carbons (Fsp3) is 0.259. The molecule has 11 heteroatoms. The maximum atomic E-state index is 14.6. The number of nitrogens with zero attached hydrogens (tertiary/aromatic N) is 4. The van der Waals surface area contributed by atoms with Crippen molar-refractivity contribution >= 4 is 40.2 Å². The third kappa shape index (κ3) is 4.86. The van der Waals surface area contributed by atoms with Crippen LogP contribution in [0.5, 0.6) is 5.75 Å². The van der Waals surface area contributed by atoms with Gasteiger partial charge in [0.05, 0.1) is 37.5 Å².